The van der Waals surface area contributed by atoms with Crippen LogP contribution in [0.2, 0.25) is 0 Å². The maximum atomic E-state index is 6.06. The van der Waals surface area contributed by atoms with Gasteiger partial charge in [0.15, 0.2) is 0 Å². The van der Waals surface area contributed by atoms with Crippen LogP contribution in [0.1, 0.15) is 36.2 Å². The number of nitrogens with two attached hydrogens (primary N) is 1. The number of hydrogen-bond donors (Lipinski definition) is 2. The quantitative estimate of drug-likeness (QED) is 0.862. The monoisotopic (exact) mass is 256 g/mol. The molecule has 2 aromatic rings. The van der Waals surface area contributed by atoms with Gasteiger partial charge >= 0.3 is 0 Å². The molecule has 4 heteroatoms. The van der Waals surface area contributed by atoms with E-state index in [1.807, 2.05) is 24.5 Å². The van der Waals surface area contributed by atoms with Crippen LogP contribution < -0.4 is 11.1 Å². The standard InChI is InChI=1S/C15H20N4/c1-3-6-19-15(12-10-17-7-5-13(12)16)14-9-11(2)4-8-18-14/h4-5,7-10,15,19H,3,6H2,1-2H3,(H2,16,17). The van der Waals surface area contributed by atoms with Gasteiger partial charge in [-0.2, -0.15) is 0 Å². The van der Waals surface area contributed by atoms with E-state index in [4.69, 9.17) is 5.73 Å². The van der Waals surface area contributed by atoms with Gasteiger partial charge in [-0.15, -0.1) is 0 Å². The van der Waals surface area contributed by atoms with Crippen molar-refractivity contribution in [2.45, 2.75) is 26.3 Å². The summed E-state index contributed by atoms with van der Waals surface area (Å²) in [6.07, 6.45) is 6.41. The molecule has 0 fully saturated rings. The minimum Gasteiger partial charge on any atom is -0.398 e. The van der Waals surface area contributed by atoms with Crippen molar-refractivity contribution in [3.8, 4) is 0 Å². The highest BCUT2D eigenvalue weighted by Crippen LogP contribution is 2.25. The molecular formula is C15H20N4. The third-order valence-corrected chi connectivity index (χ3v) is 3.03. The summed E-state index contributed by atoms with van der Waals surface area (Å²) < 4.78 is 0. The average molecular weight is 256 g/mol. The molecule has 0 amide bonds. The number of hydrogen-bond acceptors (Lipinski definition) is 4. The summed E-state index contributed by atoms with van der Waals surface area (Å²) in [5, 5.41) is 3.49. The second kappa shape index (κ2) is 6.29. The minimum absolute atomic E-state index is 0.00597. The Labute approximate surface area is 114 Å². The summed E-state index contributed by atoms with van der Waals surface area (Å²) in [5.74, 6) is 0. The van der Waals surface area contributed by atoms with E-state index in [0.717, 1.165) is 29.9 Å². The second-order valence-electron chi connectivity index (χ2n) is 4.65. The van der Waals surface area contributed by atoms with Gasteiger partial charge in [-0.3, -0.25) is 9.97 Å². The number of aromatic nitrogens is 2. The Hall–Kier alpha value is -1.94. The van der Waals surface area contributed by atoms with Crippen LogP contribution >= 0.6 is 0 Å². The summed E-state index contributed by atoms with van der Waals surface area (Å²) in [6, 6.07) is 5.90. The zero-order chi connectivity index (χ0) is 13.7. The first-order valence-corrected chi connectivity index (χ1v) is 6.57. The Morgan fingerprint density at radius 2 is 2.16 bits per heavy atom. The Morgan fingerprint density at radius 1 is 1.32 bits per heavy atom. The molecule has 0 aliphatic carbocycles. The first-order chi connectivity index (χ1) is 9.22. The molecule has 1 atom stereocenters. The lowest BCUT2D eigenvalue weighted by molar-refractivity contribution is 0.586. The molecule has 0 radical (unpaired) electrons. The minimum atomic E-state index is -0.00597. The molecule has 1 unspecified atom stereocenters. The molecule has 2 rings (SSSR count). The van der Waals surface area contributed by atoms with E-state index in [2.05, 4.69) is 35.2 Å². The fourth-order valence-electron chi connectivity index (χ4n) is 2.04. The topological polar surface area (TPSA) is 63.8 Å². The molecule has 3 N–H and O–H groups in total. The van der Waals surface area contributed by atoms with Crippen molar-refractivity contribution in [3.05, 3.63) is 53.6 Å². The highest BCUT2D eigenvalue weighted by molar-refractivity contribution is 5.48. The van der Waals surface area contributed by atoms with Crippen molar-refractivity contribution in [2.75, 3.05) is 12.3 Å². The zero-order valence-electron chi connectivity index (χ0n) is 11.4. The highest BCUT2D eigenvalue weighted by atomic mass is 14.9. The fraction of sp³-hybridized carbons (Fsp3) is 0.333. The number of anilines is 1. The summed E-state index contributed by atoms with van der Waals surface area (Å²) >= 11 is 0. The molecule has 2 heterocycles. The Bertz CT molecular complexity index is 539. The van der Waals surface area contributed by atoms with Crippen molar-refractivity contribution in [2.24, 2.45) is 0 Å². The van der Waals surface area contributed by atoms with Gasteiger partial charge in [0.1, 0.15) is 0 Å². The molecule has 2 aromatic heterocycles. The number of nitrogen functional groups attached to an aromatic ring is 1. The lowest BCUT2D eigenvalue weighted by Crippen LogP contribution is -2.25. The number of pyridine rings is 2. The van der Waals surface area contributed by atoms with E-state index in [9.17, 15) is 0 Å². The van der Waals surface area contributed by atoms with Gasteiger partial charge in [-0.1, -0.05) is 6.92 Å². The fourth-order valence-corrected chi connectivity index (χ4v) is 2.04. The molecule has 0 aliphatic rings. The van der Waals surface area contributed by atoms with E-state index >= 15 is 0 Å². The highest BCUT2D eigenvalue weighted by Gasteiger charge is 2.17. The van der Waals surface area contributed by atoms with Crippen molar-refractivity contribution in [1.82, 2.24) is 15.3 Å². The van der Waals surface area contributed by atoms with E-state index in [-0.39, 0.29) is 6.04 Å². The third kappa shape index (κ3) is 3.29. The molecule has 0 spiro atoms. The maximum absolute atomic E-state index is 6.06. The Balaban J connectivity index is 2.38. The van der Waals surface area contributed by atoms with Gasteiger partial charge in [-0.25, -0.2) is 0 Å². The average Bonchev–Trinajstić information content (AvgIpc) is 2.41. The Kier molecular flexibility index (Phi) is 4.47. The van der Waals surface area contributed by atoms with Gasteiger partial charge in [0, 0.05) is 29.8 Å². The molecule has 4 nitrogen and oxygen atoms in total. The van der Waals surface area contributed by atoms with Gasteiger partial charge < -0.3 is 11.1 Å². The van der Waals surface area contributed by atoms with Crippen molar-refractivity contribution in [1.29, 1.82) is 0 Å². The predicted octanol–water partition coefficient (Wildman–Crippen LogP) is 2.46. The number of nitrogens with one attached hydrogen (secondary N) is 1. The van der Waals surface area contributed by atoms with E-state index in [0.29, 0.717) is 0 Å². The van der Waals surface area contributed by atoms with Crippen LogP contribution in [-0.2, 0) is 0 Å². The number of nitrogens with zero attached hydrogens (tertiary/aromatic N) is 2. The zero-order valence-corrected chi connectivity index (χ0v) is 11.4. The van der Waals surface area contributed by atoms with E-state index < -0.39 is 0 Å². The van der Waals surface area contributed by atoms with Crippen molar-refractivity contribution >= 4 is 5.69 Å². The summed E-state index contributed by atoms with van der Waals surface area (Å²) in [5.41, 5.74) is 9.95. The maximum Gasteiger partial charge on any atom is 0.0786 e. The van der Waals surface area contributed by atoms with Crippen LogP contribution in [-0.4, -0.2) is 16.5 Å². The van der Waals surface area contributed by atoms with Crippen LogP contribution in [0.3, 0.4) is 0 Å². The van der Waals surface area contributed by atoms with E-state index in [1.165, 1.54) is 5.56 Å². The second-order valence-corrected chi connectivity index (χ2v) is 4.65. The lowest BCUT2D eigenvalue weighted by Gasteiger charge is -2.20. The van der Waals surface area contributed by atoms with Gasteiger partial charge in [0.05, 0.1) is 11.7 Å². The molecule has 0 aromatic carbocycles. The van der Waals surface area contributed by atoms with Crippen LogP contribution in [0.4, 0.5) is 5.69 Å². The first kappa shape index (κ1) is 13.5. The molecule has 100 valence electrons. The van der Waals surface area contributed by atoms with Crippen LogP contribution in [0.25, 0.3) is 0 Å². The van der Waals surface area contributed by atoms with E-state index in [1.54, 1.807) is 6.20 Å². The summed E-state index contributed by atoms with van der Waals surface area (Å²) in [7, 11) is 0. The van der Waals surface area contributed by atoms with Gasteiger partial charge in [0.25, 0.3) is 0 Å². The summed E-state index contributed by atoms with van der Waals surface area (Å²) in [6.45, 7) is 5.11. The molecule has 0 saturated heterocycles. The third-order valence-electron chi connectivity index (χ3n) is 3.03. The molecular weight excluding hydrogens is 236 g/mol. The van der Waals surface area contributed by atoms with Crippen molar-refractivity contribution in [3.63, 3.8) is 0 Å². The molecule has 19 heavy (non-hydrogen) atoms. The normalized spacial score (nSPS) is 12.3. The predicted molar refractivity (Wildman–Crippen MR) is 77.8 cm³/mol. The SMILES string of the molecule is CCCNC(c1cc(C)ccn1)c1cnccc1N. The largest absolute Gasteiger partial charge is 0.398 e. The molecule has 0 bridgehead atoms. The molecule has 0 saturated carbocycles. The van der Waals surface area contributed by atoms with Crippen LogP contribution in [0, 0.1) is 6.92 Å². The molecule has 0 aliphatic heterocycles. The smallest absolute Gasteiger partial charge is 0.0786 e. The number of rotatable bonds is 5. The van der Waals surface area contributed by atoms with Crippen LogP contribution in [0.5, 0.6) is 0 Å². The summed E-state index contributed by atoms with van der Waals surface area (Å²) in [4.78, 5) is 8.64. The van der Waals surface area contributed by atoms with Crippen LogP contribution in [0.15, 0.2) is 36.8 Å². The first-order valence-electron chi connectivity index (χ1n) is 6.57. The van der Waals surface area contributed by atoms with Crippen molar-refractivity contribution < 1.29 is 0 Å². The number of aryl methyl sites for hydroxylation is 1. The Morgan fingerprint density at radius 3 is 2.84 bits per heavy atom. The van der Waals surface area contributed by atoms with Gasteiger partial charge in [0.2, 0.25) is 0 Å². The van der Waals surface area contributed by atoms with Gasteiger partial charge in [-0.05, 0) is 43.7 Å². The lowest BCUT2D eigenvalue weighted by atomic mass is 10.0.